The topological polar surface area (TPSA) is 68.7 Å². The Morgan fingerprint density at radius 3 is 2.63 bits per heavy atom. The highest BCUT2D eigenvalue weighted by atomic mass is 16.5. The van der Waals surface area contributed by atoms with Gasteiger partial charge in [-0.15, -0.1) is 0 Å². The normalized spacial score (nSPS) is 13.4. The number of nitrogens with one attached hydrogen (secondary N) is 1. The lowest BCUT2D eigenvalue weighted by molar-refractivity contribution is 0.242. The highest BCUT2D eigenvalue weighted by Gasteiger charge is 2.19. The second-order valence-electron chi connectivity index (χ2n) is 7.17. The molecule has 2 aromatic carbocycles. The van der Waals surface area contributed by atoms with E-state index in [1.165, 1.54) is 5.56 Å². The van der Waals surface area contributed by atoms with Crippen molar-refractivity contribution in [3.8, 4) is 17.2 Å². The summed E-state index contributed by atoms with van der Waals surface area (Å²) in [5.74, 6) is 2.87. The second kappa shape index (κ2) is 9.00. The largest absolute Gasteiger partial charge is 0.497 e. The Balaban J connectivity index is 1.45. The van der Waals surface area contributed by atoms with Gasteiger partial charge in [0.05, 0.1) is 32.7 Å². The van der Waals surface area contributed by atoms with Crippen LogP contribution in [0.5, 0.6) is 17.2 Å². The summed E-state index contributed by atoms with van der Waals surface area (Å²) in [7, 11) is 4.96. The lowest BCUT2D eigenvalue weighted by Gasteiger charge is -2.28. The molecule has 0 amide bonds. The van der Waals surface area contributed by atoms with E-state index in [2.05, 4.69) is 27.3 Å². The highest BCUT2D eigenvalue weighted by Crippen LogP contribution is 2.31. The van der Waals surface area contributed by atoms with Crippen LogP contribution in [0.1, 0.15) is 16.8 Å². The van der Waals surface area contributed by atoms with Crippen molar-refractivity contribution in [2.75, 3.05) is 33.2 Å². The fourth-order valence-corrected chi connectivity index (χ4v) is 3.62. The molecule has 2 heterocycles. The standard InChI is InChI=1S/C23H26N4O3/c1-28-18-6-4-5-16(11-18)14-27-10-9-20-17(15-27)13-24-23(25-20)26-21-8-7-19(29-2)12-22(21)30-3/h4-8,11-13H,9-10,14-15H2,1-3H3,(H,24,25,26). The van der Waals surface area contributed by atoms with Crippen LogP contribution in [-0.2, 0) is 19.5 Å². The van der Waals surface area contributed by atoms with Gasteiger partial charge in [0, 0.05) is 43.9 Å². The molecular formula is C23H26N4O3. The fourth-order valence-electron chi connectivity index (χ4n) is 3.62. The average molecular weight is 406 g/mol. The van der Waals surface area contributed by atoms with E-state index in [0.717, 1.165) is 54.5 Å². The summed E-state index contributed by atoms with van der Waals surface area (Å²) in [6, 6.07) is 13.8. The molecule has 0 saturated carbocycles. The Kier molecular flexibility index (Phi) is 5.99. The van der Waals surface area contributed by atoms with Crippen LogP contribution in [0, 0.1) is 0 Å². The van der Waals surface area contributed by atoms with Gasteiger partial charge in [-0.2, -0.15) is 0 Å². The maximum absolute atomic E-state index is 5.45. The number of methoxy groups -OCH3 is 3. The molecule has 0 aliphatic carbocycles. The number of anilines is 2. The molecule has 3 aromatic rings. The van der Waals surface area contributed by atoms with Crippen LogP contribution >= 0.6 is 0 Å². The van der Waals surface area contributed by atoms with Crippen molar-refractivity contribution in [2.45, 2.75) is 19.5 Å². The third kappa shape index (κ3) is 4.46. The second-order valence-corrected chi connectivity index (χ2v) is 7.17. The van der Waals surface area contributed by atoms with Gasteiger partial charge in [-0.1, -0.05) is 12.1 Å². The van der Waals surface area contributed by atoms with Crippen molar-refractivity contribution < 1.29 is 14.2 Å². The molecule has 1 aliphatic heterocycles. The average Bonchev–Trinajstić information content (AvgIpc) is 2.79. The van der Waals surface area contributed by atoms with Gasteiger partial charge in [0.2, 0.25) is 5.95 Å². The first-order valence-electron chi connectivity index (χ1n) is 9.87. The Morgan fingerprint density at radius 2 is 1.83 bits per heavy atom. The predicted octanol–water partition coefficient (Wildman–Crippen LogP) is 3.80. The predicted molar refractivity (Wildman–Crippen MR) is 116 cm³/mol. The molecule has 1 aromatic heterocycles. The summed E-state index contributed by atoms with van der Waals surface area (Å²) in [4.78, 5) is 11.7. The minimum absolute atomic E-state index is 0.568. The van der Waals surface area contributed by atoms with Gasteiger partial charge in [-0.05, 0) is 29.8 Å². The molecule has 7 nitrogen and oxygen atoms in total. The summed E-state index contributed by atoms with van der Waals surface area (Å²) in [5.41, 5.74) is 4.29. The Labute approximate surface area is 176 Å². The molecule has 0 saturated heterocycles. The summed E-state index contributed by atoms with van der Waals surface area (Å²) in [5, 5.41) is 3.26. The van der Waals surface area contributed by atoms with Crippen LogP contribution in [0.25, 0.3) is 0 Å². The number of nitrogens with zero attached hydrogens (tertiary/aromatic N) is 3. The molecule has 4 rings (SSSR count). The first-order chi connectivity index (χ1) is 14.7. The highest BCUT2D eigenvalue weighted by molar-refractivity contribution is 5.64. The Hall–Kier alpha value is -3.32. The molecule has 0 atom stereocenters. The third-order valence-electron chi connectivity index (χ3n) is 5.21. The summed E-state index contributed by atoms with van der Waals surface area (Å²) < 4.78 is 16.0. The Bertz CT molecular complexity index is 1030. The van der Waals surface area contributed by atoms with Gasteiger partial charge in [0.25, 0.3) is 0 Å². The van der Waals surface area contributed by atoms with Crippen molar-refractivity contribution in [1.29, 1.82) is 0 Å². The monoisotopic (exact) mass is 406 g/mol. The quantitative estimate of drug-likeness (QED) is 0.640. The maximum Gasteiger partial charge on any atom is 0.227 e. The number of hydrogen-bond donors (Lipinski definition) is 1. The zero-order chi connectivity index (χ0) is 20.9. The number of ether oxygens (including phenoxy) is 3. The first kappa shape index (κ1) is 20.0. The molecule has 0 radical (unpaired) electrons. The molecule has 0 fully saturated rings. The number of fused-ring (bicyclic) bond motifs is 1. The minimum Gasteiger partial charge on any atom is -0.497 e. The van der Waals surface area contributed by atoms with E-state index in [1.54, 1.807) is 21.3 Å². The lowest BCUT2D eigenvalue weighted by Crippen LogP contribution is -2.31. The van der Waals surface area contributed by atoms with Crippen molar-refractivity contribution >= 4 is 11.6 Å². The first-order valence-corrected chi connectivity index (χ1v) is 9.87. The van der Waals surface area contributed by atoms with E-state index in [4.69, 9.17) is 19.2 Å². The molecule has 30 heavy (non-hydrogen) atoms. The fraction of sp³-hybridized carbons (Fsp3) is 0.304. The number of aromatic nitrogens is 2. The molecule has 7 heteroatoms. The smallest absolute Gasteiger partial charge is 0.227 e. The van der Waals surface area contributed by atoms with Crippen LogP contribution < -0.4 is 19.5 Å². The summed E-state index contributed by atoms with van der Waals surface area (Å²) in [6.07, 6.45) is 2.80. The van der Waals surface area contributed by atoms with Crippen molar-refractivity contribution in [1.82, 2.24) is 14.9 Å². The molecule has 0 bridgehead atoms. The van der Waals surface area contributed by atoms with Gasteiger partial charge in [-0.3, -0.25) is 4.90 Å². The molecular weight excluding hydrogens is 380 g/mol. The number of benzene rings is 2. The van der Waals surface area contributed by atoms with E-state index in [1.807, 2.05) is 36.5 Å². The molecule has 0 spiro atoms. The van der Waals surface area contributed by atoms with Gasteiger partial charge >= 0.3 is 0 Å². The molecule has 156 valence electrons. The van der Waals surface area contributed by atoms with E-state index < -0.39 is 0 Å². The van der Waals surface area contributed by atoms with Crippen LogP contribution in [0.2, 0.25) is 0 Å². The lowest BCUT2D eigenvalue weighted by atomic mass is 10.1. The summed E-state index contributed by atoms with van der Waals surface area (Å²) >= 11 is 0. The maximum atomic E-state index is 5.45. The van der Waals surface area contributed by atoms with Crippen LogP contribution in [-0.4, -0.2) is 42.7 Å². The van der Waals surface area contributed by atoms with Crippen LogP contribution in [0.3, 0.4) is 0 Å². The number of rotatable bonds is 7. The van der Waals surface area contributed by atoms with Crippen molar-refractivity contribution in [3.05, 3.63) is 65.5 Å². The van der Waals surface area contributed by atoms with E-state index >= 15 is 0 Å². The molecule has 0 unspecified atom stereocenters. The van der Waals surface area contributed by atoms with Crippen molar-refractivity contribution in [2.24, 2.45) is 0 Å². The van der Waals surface area contributed by atoms with Crippen LogP contribution in [0.15, 0.2) is 48.7 Å². The minimum atomic E-state index is 0.568. The van der Waals surface area contributed by atoms with Gasteiger partial charge < -0.3 is 19.5 Å². The van der Waals surface area contributed by atoms with Crippen molar-refractivity contribution in [3.63, 3.8) is 0 Å². The third-order valence-corrected chi connectivity index (χ3v) is 5.21. The van der Waals surface area contributed by atoms with E-state index in [0.29, 0.717) is 11.7 Å². The van der Waals surface area contributed by atoms with Gasteiger partial charge in [-0.25, -0.2) is 9.97 Å². The molecule has 1 aliphatic rings. The van der Waals surface area contributed by atoms with Gasteiger partial charge in [0.1, 0.15) is 17.2 Å². The summed E-state index contributed by atoms with van der Waals surface area (Å²) in [6.45, 7) is 2.66. The van der Waals surface area contributed by atoms with E-state index in [9.17, 15) is 0 Å². The SMILES string of the molecule is COc1cccc(CN2CCc3nc(Nc4ccc(OC)cc4OC)ncc3C2)c1. The van der Waals surface area contributed by atoms with Gasteiger partial charge in [0.15, 0.2) is 0 Å². The molecule has 1 N–H and O–H groups in total. The zero-order valence-electron chi connectivity index (χ0n) is 17.5. The zero-order valence-corrected chi connectivity index (χ0v) is 17.5. The van der Waals surface area contributed by atoms with Crippen LogP contribution in [0.4, 0.5) is 11.6 Å². The number of hydrogen-bond acceptors (Lipinski definition) is 7. The van der Waals surface area contributed by atoms with E-state index in [-0.39, 0.29) is 0 Å². The Morgan fingerprint density at radius 1 is 1.00 bits per heavy atom.